The zero-order valence-corrected chi connectivity index (χ0v) is 16.1. The molecule has 1 fully saturated rings. The predicted molar refractivity (Wildman–Crippen MR) is 114 cm³/mol. The van der Waals surface area contributed by atoms with Crippen LogP contribution in [-0.2, 0) is 12.0 Å². The van der Waals surface area contributed by atoms with E-state index in [-0.39, 0.29) is 11.3 Å². The Morgan fingerprint density at radius 2 is 1.76 bits per heavy atom. The molecule has 3 aromatic rings. The van der Waals surface area contributed by atoms with Crippen LogP contribution in [0.5, 0.6) is 0 Å². The second-order valence-electron chi connectivity index (χ2n) is 7.33. The van der Waals surface area contributed by atoms with Gasteiger partial charge in [-0.2, -0.15) is 5.26 Å². The SMILES string of the molecule is N#CC1(c2ccc(NC(=O)c3ccccc3NCc3ccncc3)cc2)CCC1. The molecule has 144 valence electrons. The lowest BCUT2D eigenvalue weighted by Crippen LogP contribution is -2.32. The van der Waals surface area contributed by atoms with Crippen LogP contribution in [0.25, 0.3) is 0 Å². The largest absolute Gasteiger partial charge is 0.380 e. The molecular weight excluding hydrogens is 360 g/mol. The smallest absolute Gasteiger partial charge is 0.257 e. The second-order valence-corrected chi connectivity index (χ2v) is 7.33. The van der Waals surface area contributed by atoms with E-state index in [1.807, 2.05) is 54.6 Å². The summed E-state index contributed by atoms with van der Waals surface area (Å²) in [4.78, 5) is 16.9. The van der Waals surface area contributed by atoms with E-state index in [2.05, 4.69) is 21.7 Å². The Balaban J connectivity index is 1.45. The van der Waals surface area contributed by atoms with E-state index in [4.69, 9.17) is 0 Å². The molecule has 0 spiro atoms. The Morgan fingerprint density at radius 1 is 1.03 bits per heavy atom. The van der Waals surface area contributed by atoms with Crippen molar-refractivity contribution in [2.75, 3.05) is 10.6 Å². The van der Waals surface area contributed by atoms with Crippen molar-refractivity contribution in [2.24, 2.45) is 0 Å². The molecule has 4 rings (SSSR count). The van der Waals surface area contributed by atoms with Crippen molar-refractivity contribution in [3.8, 4) is 6.07 Å². The van der Waals surface area contributed by atoms with Crippen LogP contribution in [0.2, 0.25) is 0 Å². The molecule has 5 heteroatoms. The number of amides is 1. The summed E-state index contributed by atoms with van der Waals surface area (Å²) in [7, 11) is 0. The predicted octanol–water partition coefficient (Wildman–Crippen LogP) is 4.89. The molecule has 5 nitrogen and oxygen atoms in total. The van der Waals surface area contributed by atoms with Crippen LogP contribution < -0.4 is 10.6 Å². The number of anilines is 2. The number of pyridine rings is 1. The highest BCUT2D eigenvalue weighted by Crippen LogP contribution is 2.43. The third-order valence-electron chi connectivity index (χ3n) is 5.52. The maximum atomic E-state index is 12.8. The van der Waals surface area contributed by atoms with E-state index < -0.39 is 0 Å². The van der Waals surface area contributed by atoms with Gasteiger partial charge in [0.05, 0.1) is 17.0 Å². The fourth-order valence-electron chi connectivity index (χ4n) is 3.60. The standard InChI is InChI=1S/C24H22N4O/c25-17-24(12-3-13-24)19-6-8-20(9-7-19)28-23(29)21-4-1-2-5-22(21)27-16-18-10-14-26-15-11-18/h1-2,4-11,14-15,27H,3,12-13,16H2,(H,28,29). The van der Waals surface area contributed by atoms with Crippen LogP contribution in [0.15, 0.2) is 73.1 Å². The van der Waals surface area contributed by atoms with Crippen molar-refractivity contribution in [1.29, 1.82) is 5.26 Å². The molecule has 0 aliphatic heterocycles. The zero-order valence-electron chi connectivity index (χ0n) is 16.1. The number of benzene rings is 2. The Bertz CT molecular complexity index is 1030. The minimum Gasteiger partial charge on any atom is -0.380 e. The van der Waals surface area contributed by atoms with Crippen molar-refractivity contribution >= 4 is 17.3 Å². The maximum absolute atomic E-state index is 12.8. The molecule has 1 aliphatic rings. The van der Waals surface area contributed by atoms with Gasteiger partial charge in [-0.05, 0) is 66.8 Å². The molecule has 1 amide bonds. The Morgan fingerprint density at radius 3 is 2.41 bits per heavy atom. The number of nitrogens with zero attached hydrogens (tertiary/aromatic N) is 2. The lowest BCUT2D eigenvalue weighted by Gasteiger charge is -2.35. The number of para-hydroxylation sites is 1. The first-order valence-electron chi connectivity index (χ1n) is 9.75. The van der Waals surface area contributed by atoms with Crippen LogP contribution in [0.4, 0.5) is 11.4 Å². The summed E-state index contributed by atoms with van der Waals surface area (Å²) in [5, 5.41) is 15.8. The fraction of sp³-hybridized carbons (Fsp3) is 0.208. The van der Waals surface area contributed by atoms with Crippen LogP contribution in [0, 0.1) is 11.3 Å². The molecule has 2 aromatic carbocycles. The van der Waals surface area contributed by atoms with E-state index in [0.717, 1.165) is 41.8 Å². The molecule has 2 N–H and O–H groups in total. The average Bonchev–Trinajstić information content (AvgIpc) is 2.74. The average molecular weight is 382 g/mol. The molecule has 0 radical (unpaired) electrons. The van der Waals surface area contributed by atoms with Crippen molar-refractivity contribution in [3.05, 3.63) is 89.7 Å². The van der Waals surface area contributed by atoms with Crippen LogP contribution >= 0.6 is 0 Å². The van der Waals surface area contributed by atoms with Crippen molar-refractivity contribution < 1.29 is 4.79 Å². The third kappa shape index (κ3) is 3.97. The quantitative estimate of drug-likeness (QED) is 0.636. The highest BCUT2D eigenvalue weighted by molar-refractivity contribution is 6.08. The van der Waals surface area contributed by atoms with E-state index in [0.29, 0.717) is 12.1 Å². The Kier molecular flexibility index (Phi) is 5.26. The second kappa shape index (κ2) is 8.15. The van der Waals surface area contributed by atoms with Crippen molar-refractivity contribution in [2.45, 2.75) is 31.2 Å². The zero-order chi connectivity index (χ0) is 20.1. The van der Waals surface area contributed by atoms with Gasteiger partial charge in [-0.3, -0.25) is 9.78 Å². The molecule has 0 atom stereocenters. The van der Waals surface area contributed by atoms with Gasteiger partial charge in [0.2, 0.25) is 0 Å². The molecule has 1 heterocycles. The normalized spacial score (nSPS) is 14.3. The van der Waals surface area contributed by atoms with Gasteiger partial charge >= 0.3 is 0 Å². The number of rotatable bonds is 6. The number of carbonyl (C=O) groups excluding carboxylic acids is 1. The van der Waals surface area contributed by atoms with Crippen LogP contribution in [0.1, 0.15) is 40.7 Å². The molecule has 1 saturated carbocycles. The minimum absolute atomic E-state index is 0.172. The van der Waals surface area contributed by atoms with Gasteiger partial charge in [0.25, 0.3) is 5.91 Å². The molecule has 1 aliphatic carbocycles. The topological polar surface area (TPSA) is 77.8 Å². The Labute approximate surface area is 170 Å². The summed E-state index contributed by atoms with van der Waals surface area (Å²) in [6.07, 6.45) is 6.41. The lowest BCUT2D eigenvalue weighted by molar-refractivity contribution is 0.102. The lowest BCUT2D eigenvalue weighted by atomic mass is 9.65. The first-order chi connectivity index (χ1) is 14.2. The molecule has 29 heavy (non-hydrogen) atoms. The molecule has 0 unspecified atom stereocenters. The summed E-state index contributed by atoms with van der Waals surface area (Å²) in [5.74, 6) is -0.172. The monoisotopic (exact) mass is 382 g/mol. The number of nitrogens with one attached hydrogen (secondary N) is 2. The van der Waals surface area contributed by atoms with Gasteiger partial charge in [0.1, 0.15) is 0 Å². The first-order valence-corrected chi connectivity index (χ1v) is 9.75. The highest BCUT2D eigenvalue weighted by atomic mass is 16.1. The summed E-state index contributed by atoms with van der Waals surface area (Å²) < 4.78 is 0. The Hall–Kier alpha value is -3.65. The van der Waals surface area contributed by atoms with E-state index in [9.17, 15) is 10.1 Å². The maximum Gasteiger partial charge on any atom is 0.257 e. The summed E-state index contributed by atoms with van der Waals surface area (Å²) >= 11 is 0. The number of nitriles is 1. The number of hydrogen-bond acceptors (Lipinski definition) is 4. The highest BCUT2D eigenvalue weighted by Gasteiger charge is 2.38. The number of hydrogen-bond donors (Lipinski definition) is 2. The number of carbonyl (C=O) groups is 1. The van der Waals surface area contributed by atoms with E-state index in [1.54, 1.807) is 18.5 Å². The van der Waals surface area contributed by atoms with Gasteiger partial charge in [-0.25, -0.2) is 0 Å². The van der Waals surface area contributed by atoms with Gasteiger partial charge in [0, 0.05) is 30.3 Å². The van der Waals surface area contributed by atoms with E-state index >= 15 is 0 Å². The van der Waals surface area contributed by atoms with Crippen molar-refractivity contribution in [3.63, 3.8) is 0 Å². The fourth-order valence-corrected chi connectivity index (χ4v) is 3.60. The minimum atomic E-state index is -0.341. The van der Waals surface area contributed by atoms with Crippen LogP contribution in [-0.4, -0.2) is 10.9 Å². The number of aromatic nitrogens is 1. The van der Waals surface area contributed by atoms with Crippen molar-refractivity contribution in [1.82, 2.24) is 4.98 Å². The first kappa shape index (κ1) is 18.7. The van der Waals surface area contributed by atoms with E-state index in [1.165, 1.54) is 0 Å². The molecular formula is C24H22N4O. The van der Waals surface area contributed by atoms with Gasteiger partial charge < -0.3 is 10.6 Å². The molecule has 0 saturated heterocycles. The van der Waals surface area contributed by atoms with Gasteiger partial charge in [-0.15, -0.1) is 0 Å². The summed E-state index contributed by atoms with van der Waals surface area (Å²) in [6, 6.07) is 21.4. The van der Waals surface area contributed by atoms with Crippen LogP contribution in [0.3, 0.4) is 0 Å². The molecule has 0 bridgehead atoms. The molecule has 1 aromatic heterocycles. The van der Waals surface area contributed by atoms with Gasteiger partial charge in [-0.1, -0.05) is 24.3 Å². The van der Waals surface area contributed by atoms with Gasteiger partial charge in [0.15, 0.2) is 0 Å². The third-order valence-corrected chi connectivity index (χ3v) is 5.52. The summed E-state index contributed by atoms with van der Waals surface area (Å²) in [6.45, 7) is 0.609. The summed E-state index contributed by atoms with van der Waals surface area (Å²) in [5.41, 5.74) is 3.85.